The van der Waals surface area contributed by atoms with Crippen molar-refractivity contribution in [2.45, 2.75) is 24.2 Å². The number of aryl methyl sites for hydroxylation is 1. The van der Waals surface area contributed by atoms with Crippen molar-refractivity contribution in [2.75, 3.05) is 12.3 Å². The van der Waals surface area contributed by atoms with E-state index in [0.717, 1.165) is 12.2 Å². The van der Waals surface area contributed by atoms with Crippen molar-refractivity contribution in [3.05, 3.63) is 29.3 Å². The summed E-state index contributed by atoms with van der Waals surface area (Å²) in [6, 6.07) is 6.37. The zero-order valence-electron chi connectivity index (χ0n) is 8.69. The minimum absolute atomic E-state index is 0.405. The molecule has 0 N–H and O–H groups in total. The van der Waals surface area contributed by atoms with Gasteiger partial charge in [-0.05, 0) is 30.2 Å². The van der Waals surface area contributed by atoms with E-state index in [0.29, 0.717) is 12.5 Å². The summed E-state index contributed by atoms with van der Waals surface area (Å²) in [6.45, 7) is 2.72. The first kappa shape index (κ1) is 10.5. The van der Waals surface area contributed by atoms with E-state index in [4.69, 9.17) is 0 Å². The number of fused-ring (bicyclic) bond motifs is 1. The minimum Gasteiger partial charge on any atom is -0.211 e. The molecule has 15 heavy (non-hydrogen) atoms. The number of nitrogens with zero attached hydrogens (tertiary/aromatic N) is 1. The van der Waals surface area contributed by atoms with Gasteiger partial charge < -0.3 is 0 Å². The van der Waals surface area contributed by atoms with Crippen molar-refractivity contribution in [2.24, 2.45) is 4.99 Å². The van der Waals surface area contributed by atoms with Crippen LogP contribution in [0.2, 0.25) is 0 Å². The van der Waals surface area contributed by atoms with Crippen molar-refractivity contribution in [3.63, 3.8) is 0 Å². The fraction of sp³-hybridized carbons (Fsp3) is 0.417. The molecule has 1 aliphatic heterocycles. The van der Waals surface area contributed by atoms with Gasteiger partial charge in [0.2, 0.25) is 6.08 Å². The molecular weight excluding hydrogens is 206 g/mol. The van der Waals surface area contributed by atoms with Gasteiger partial charge in [-0.2, -0.15) is 0 Å². The van der Waals surface area contributed by atoms with Crippen LogP contribution in [0.15, 0.2) is 28.1 Å². The average molecular weight is 219 g/mol. The summed E-state index contributed by atoms with van der Waals surface area (Å²) < 4.78 is 0. The van der Waals surface area contributed by atoms with E-state index >= 15 is 0 Å². The summed E-state index contributed by atoms with van der Waals surface area (Å²) in [5, 5.41) is 0. The molecule has 0 saturated carbocycles. The van der Waals surface area contributed by atoms with Gasteiger partial charge in [0.25, 0.3) is 0 Å². The van der Waals surface area contributed by atoms with Gasteiger partial charge in [0.05, 0.1) is 6.54 Å². The van der Waals surface area contributed by atoms with Crippen molar-refractivity contribution in [3.8, 4) is 0 Å². The van der Waals surface area contributed by atoms with Gasteiger partial charge in [0.15, 0.2) is 0 Å². The van der Waals surface area contributed by atoms with Crippen LogP contribution in [0, 0.1) is 6.92 Å². The molecule has 1 aromatic carbocycles. The van der Waals surface area contributed by atoms with Crippen LogP contribution in [0.25, 0.3) is 0 Å². The summed E-state index contributed by atoms with van der Waals surface area (Å²) in [6.07, 6.45) is 2.73. The van der Waals surface area contributed by atoms with Gasteiger partial charge in [-0.25, -0.2) is 9.79 Å². The third-order valence-electron chi connectivity index (χ3n) is 2.77. The van der Waals surface area contributed by atoms with Crippen LogP contribution in [-0.2, 0) is 4.79 Å². The van der Waals surface area contributed by atoms with Crippen LogP contribution in [0.3, 0.4) is 0 Å². The standard InChI is InChI=1S/C12H13NOS/c1-9-3-2-4-11-10(7-13-8-14)5-6-15-12(9)11/h2-4,10H,5-7H2,1H3. The molecule has 3 heteroatoms. The Balaban J connectivity index is 2.33. The monoisotopic (exact) mass is 219 g/mol. The van der Waals surface area contributed by atoms with E-state index in [1.54, 1.807) is 6.08 Å². The zero-order chi connectivity index (χ0) is 10.7. The number of rotatable bonds is 2. The molecule has 0 aromatic heterocycles. The van der Waals surface area contributed by atoms with Gasteiger partial charge in [0.1, 0.15) is 0 Å². The van der Waals surface area contributed by atoms with Crippen LogP contribution in [0.4, 0.5) is 0 Å². The highest BCUT2D eigenvalue weighted by Gasteiger charge is 2.21. The van der Waals surface area contributed by atoms with Crippen molar-refractivity contribution < 1.29 is 4.79 Å². The Kier molecular flexibility index (Phi) is 3.24. The number of hydrogen-bond acceptors (Lipinski definition) is 3. The lowest BCUT2D eigenvalue weighted by molar-refractivity contribution is 0.559. The zero-order valence-corrected chi connectivity index (χ0v) is 9.51. The Morgan fingerprint density at radius 2 is 2.47 bits per heavy atom. The molecule has 1 heterocycles. The first-order chi connectivity index (χ1) is 7.33. The molecule has 0 saturated heterocycles. The second-order valence-corrected chi connectivity index (χ2v) is 4.86. The maximum atomic E-state index is 10.1. The Morgan fingerprint density at radius 3 is 3.27 bits per heavy atom. The van der Waals surface area contributed by atoms with Gasteiger partial charge in [-0.1, -0.05) is 18.2 Å². The molecule has 0 spiro atoms. The predicted molar refractivity (Wildman–Crippen MR) is 62.2 cm³/mol. The Labute approximate surface area is 93.8 Å². The van der Waals surface area contributed by atoms with Gasteiger partial charge in [-0.15, -0.1) is 11.8 Å². The molecule has 2 nitrogen and oxygen atoms in total. The third kappa shape index (κ3) is 2.14. The molecular formula is C12H13NOS. The van der Waals surface area contributed by atoms with E-state index in [1.165, 1.54) is 16.0 Å². The van der Waals surface area contributed by atoms with Crippen LogP contribution < -0.4 is 0 Å². The first-order valence-electron chi connectivity index (χ1n) is 5.09. The van der Waals surface area contributed by atoms with E-state index in [1.807, 2.05) is 11.8 Å². The summed E-state index contributed by atoms with van der Waals surface area (Å²) in [7, 11) is 0. The normalized spacial score (nSPS) is 19.1. The quantitative estimate of drug-likeness (QED) is 0.565. The van der Waals surface area contributed by atoms with Crippen LogP contribution in [-0.4, -0.2) is 18.4 Å². The van der Waals surface area contributed by atoms with Crippen molar-refractivity contribution in [1.29, 1.82) is 0 Å². The number of carbonyl (C=O) groups excluding carboxylic acids is 1. The van der Waals surface area contributed by atoms with Gasteiger partial charge >= 0.3 is 0 Å². The highest BCUT2D eigenvalue weighted by atomic mass is 32.2. The number of hydrogen-bond donors (Lipinski definition) is 0. The van der Waals surface area contributed by atoms with Crippen molar-refractivity contribution >= 4 is 17.8 Å². The van der Waals surface area contributed by atoms with Gasteiger partial charge in [0, 0.05) is 10.8 Å². The molecule has 2 rings (SSSR count). The second-order valence-electron chi connectivity index (χ2n) is 3.76. The predicted octanol–water partition coefficient (Wildman–Crippen LogP) is 2.91. The SMILES string of the molecule is Cc1cccc2c1SCCC2CN=C=O. The van der Waals surface area contributed by atoms with Crippen LogP contribution in [0.5, 0.6) is 0 Å². The smallest absolute Gasteiger partial charge is 0.211 e. The lowest BCUT2D eigenvalue weighted by Gasteiger charge is -2.24. The summed E-state index contributed by atoms with van der Waals surface area (Å²) in [4.78, 5) is 15.2. The number of isocyanates is 1. The molecule has 1 unspecified atom stereocenters. The lowest BCUT2D eigenvalue weighted by Crippen LogP contribution is -2.11. The fourth-order valence-electron chi connectivity index (χ4n) is 1.99. The number of aliphatic imine (C=N–C) groups is 1. The molecule has 0 fully saturated rings. The maximum absolute atomic E-state index is 10.1. The van der Waals surface area contributed by atoms with Gasteiger partial charge in [-0.3, -0.25) is 0 Å². The summed E-state index contributed by atoms with van der Waals surface area (Å²) in [5.74, 6) is 1.53. The Morgan fingerprint density at radius 1 is 1.60 bits per heavy atom. The molecule has 0 aliphatic carbocycles. The topological polar surface area (TPSA) is 29.4 Å². The molecule has 1 aromatic rings. The molecule has 0 amide bonds. The molecule has 1 atom stereocenters. The fourth-order valence-corrected chi connectivity index (χ4v) is 3.29. The van der Waals surface area contributed by atoms with Crippen LogP contribution >= 0.6 is 11.8 Å². The van der Waals surface area contributed by atoms with E-state index in [-0.39, 0.29) is 0 Å². The molecule has 0 radical (unpaired) electrons. The largest absolute Gasteiger partial charge is 0.234 e. The highest BCUT2D eigenvalue weighted by molar-refractivity contribution is 7.99. The number of benzene rings is 1. The van der Waals surface area contributed by atoms with E-state index in [2.05, 4.69) is 30.1 Å². The highest BCUT2D eigenvalue weighted by Crippen LogP contribution is 2.39. The first-order valence-corrected chi connectivity index (χ1v) is 6.07. The third-order valence-corrected chi connectivity index (χ3v) is 4.06. The van der Waals surface area contributed by atoms with Crippen LogP contribution in [0.1, 0.15) is 23.5 Å². The second kappa shape index (κ2) is 4.65. The Hall–Kier alpha value is -1.05. The maximum Gasteiger partial charge on any atom is 0.234 e. The molecule has 1 aliphatic rings. The van der Waals surface area contributed by atoms with E-state index < -0.39 is 0 Å². The average Bonchev–Trinajstić information content (AvgIpc) is 2.27. The van der Waals surface area contributed by atoms with Crippen molar-refractivity contribution in [1.82, 2.24) is 0 Å². The van der Waals surface area contributed by atoms with E-state index in [9.17, 15) is 4.79 Å². The Bertz CT molecular complexity index is 410. The lowest BCUT2D eigenvalue weighted by atomic mass is 9.94. The summed E-state index contributed by atoms with van der Waals surface area (Å²) >= 11 is 1.91. The number of thioether (sulfide) groups is 1. The minimum atomic E-state index is 0.405. The summed E-state index contributed by atoms with van der Waals surface area (Å²) in [5.41, 5.74) is 2.68. The molecule has 78 valence electrons. The molecule has 0 bridgehead atoms.